The van der Waals surface area contributed by atoms with Crippen LogP contribution in [0.5, 0.6) is 11.5 Å². The molecule has 4 aromatic carbocycles. The number of phenolic OH excluding ortho intramolecular Hbond substituents is 2. The summed E-state index contributed by atoms with van der Waals surface area (Å²) in [6.07, 6.45) is -0.635. The van der Waals surface area contributed by atoms with Gasteiger partial charge in [0.15, 0.2) is 11.6 Å². The quantitative estimate of drug-likeness (QED) is 0.155. The zero-order valence-electron chi connectivity index (χ0n) is 32.2. The second-order valence-electron chi connectivity index (χ2n) is 15.4. The van der Waals surface area contributed by atoms with Gasteiger partial charge in [0.05, 0.1) is 22.2 Å². The number of hydrogen-bond acceptors (Lipinski definition) is 11. The first-order chi connectivity index (χ1) is 27.3. The van der Waals surface area contributed by atoms with Crippen LogP contribution in [0.2, 0.25) is 0 Å². The molecule has 2 aliphatic heterocycles. The summed E-state index contributed by atoms with van der Waals surface area (Å²) in [4.78, 5) is 36.9. The van der Waals surface area contributed by atoms with Crippen LogP contribution in [-0.2, 0) is 4.79 Å². The van der Waals surface area contributed by atoms with Gasteiger partial charge in [-0.05, 0) is 72.5 Å². The highest BCUT2D eigenvalue weighted by Crippen LogP contribution is 2.34. The first-order valence-corrected chi connectivity index (χ1v) is 19.0. The molecule has 8 rings (SSSR count). The Kier molecular flexibility index (Phi) is 11.4. The molecule has 0 saturated carbocycles. The fourth-order valence-electron chi connectivity index (χ4n) is 7.11. The summed E-state index contributed by atoms with van der Waals surface area (Å²) in [5.74, 6) is 1.29. The lowest BCUT2D eigenvalue weighted by Gasteiger charge is -2.37. The van der Waals surface area contributed by atoms with Crippen LogP contribution < -0.4 is 15.1 Å². The molecule has 2 saturated heterocycles. The standard InChI is InChI=1S/C25H29FN4O3.C18H17FN4O/c1-25(2,3)15-21(32)24(33)30-12-10-29(11-13-30)23-18-14-16(26)8-9-19(18)27-22(28-23)17-6-4-5-7-20(17)31;19-12-5-6-15-14(11-12)18(23-9-7-20-8-10-23)22-17(21-15)13-3-1-2-4-16(13)24/h4-9,14,21,31-32H,10-13,15H2,1-3H3;1-6,11,20,24H,7-10H2/t21-;/m1./s1. The monoisotopic (exact) mass is 776 g/mol. The number of fused-ring (bicyclic) bond motifs is 2. The average Bonchev–Trinajstić information content (AvgIpc) is 3.20. The number of aliphatic hydroxyl groups excluding tert-OH is 1. The second-order valence-corrected chi connectivity index (χ2v) is 15.4. The molecule has 0 radical (unpaired) electrons. The van der Waals surface area contributed by atoms with Gasteiger partial charge in [-0.15, -0.1) is 0 Å². The number of carbonyl (C=O) groups is 1. The third-order valence-corrected chi connectivity index (χ3v) is 9.96. The molecule has 0 unspecified atom stereocenters. The zero-order chi connectivity index (χ0) is 40.3. The third-order valence-electron chi connectivity index (χ3n) is 9.96. The molecular weight excluding hydrogens is 731 g/mol. The SMILES string of the molecule is CC(C)(C)C[C@@H](O)C(=O)N1CCN(c2nc(-c3ccccc3O)nc3ccc(F)cc23)CC1.Oc1ccccc1-c1nc(N2CCNCC2)c2cc(F)ccc2n1. The minimum Gasteiger partial charge on any atom is -0.507 e. The van der Waals surface area contributed by atoms with Crippen LogP contribution in [0.3, 0.4) is 0 Å². The molecule has 6 aromatic rings. The average molecular weight is 777 g/mol. The smallest absolute Gasteiger partial charge is 0.251 e. The number of phenols is 2. The van der Waals surface area contributed by atoms with Gasteiger partial charge in [0, 0.05) is 63.1 Å². The molecule has 0 spiro atoms. The number of anilines is 2. The van der Waals surface area contributed by atoms with E-state index < -0.39 is 6.10 Å². The van der Waals surface area contributed by atoms with Crippen LogP contribution in [0.15, 0.2) is 84.9 Å². The Balaban J connectivity index is 0.000000183. The number of nitrogens with one attached hydrogen (secondary N) is 1. The van der Waals surface area contributed by atoms with E-state index in [-0.39, 0.29) is 34.5 Å². The molecule has 2 aromatic heterocycles. The molecule has 1 amide bonds. The fourth-order valence-corrected chi connectivity index (χ4v) is 7.11. The van der Waals surface area contributed by atoms with E-state index in [4.69, 9.17) is 0 Å². The Morgan fingerprint density at radius 2 is 1.14 bits per heavy atom. The third kappa shape index (κ3) is 9.03. The van der Waals surface area contributed by atoms with Gasteiger partial charge in [-0.3, -0.25) is 4.79 Å². The number of nitrogens with zero attached hydrogens (tertiary/aromatic N) is 7. The summed E-state index contributed by atoms with van der Waals surface area (Å²) >= 11 is 0. The maximum atomic E-state index is 14.1. The van der Waals surface area contributed by atoms with E-state index in [0.717, 1.165) is 26.2 Å². The number of rotatable bonds is 6. The Hall–Kier alpha value is -5.99. The Labute approximate surface area is 329 Å². The van der Waals surface area contributed by atoms with Gasteiger partial charge in [0.2, 0.25) is 0 Å². The lowest BCUT2D eigenvalue weighted by molar-refractivity contribution is -0.142. The van der Waals surface area contributed by atoms with Crippen molar-refractivity contribution in [2.45, 2.75) is 33.3 Å². The molecule has 4 N–H and O–H groups in total. The van der Waals surface area contributed by atoms with E-state index in [1.807, 2.05) is 31.7 Å². The molecule has 4 heterocycles. The van der Waals surface area contributed by atoms with Crippen molar-refractivity contribution < 1.29 is 28.9 Å². The molecule has 296 valence electrons. The molecule has 2 aliphatic rings. The molecule has 1 atom stereocenters. The number of carbonyl (C=O) groups excluding carboxylic acids is 1. The minimum atomic E-state index is -1.03. The largest absolute Gasteiger partial charge is 0.507 e. The summed E-state index contributed by atoms with van der Waals surface area (Å²) in [5.41, 5.74) is 2.14. The highest BCUT2D eigenvalue weighted by Gasteiger charge is 2.30. The topological polar surface area (TPSA) is 151 Å². The predicted octanol–water partition coefficient (Wildman–Crippen LogP) is 6.14. The first kappa shape index (κ1) is 39.3. The first-order valence-electron chi connectivity index (χ1n) is 19.0. The predicted molar refractivity (Wildman–Crippen MR) is 217 cm³/mol. The fraction of sp³-hybridized carbons (Fsp3) is 0.326. The van der Waals surface area contributed by atoms with Crippen LogP contribution in [0.4, 0.5) is 20.4 Å². The molecule has 0 bridgehead atoms. The van der Waals surface area contributed by atoms with Gasteiger partial charge < -0.3 is 35.3 Å². The van der Waals surface area contributed by atoms with Crippen molar-refractivity contribution in [1.29, 1.82) is 0 Å². The van der Waals surface area contributed by atoms with Gasteiger partial charge in [-0.1, -0.05) is 45.0 Å². The van der Waals surface area contributed by atoms with Gasteiger partial charge >= 0.3 is 0 Å². The van der Waals surface area contributed by atoms with Crippen LogP contribution in [0, 0.1) is 17.0 Å². The van der Waals surface area contributed by atoms with E-state index >= 15 is 0 Å². The normalized spacial score (nSPS) is 15.4. The number of aromatic nitrogens is 4. The Morgan fingerprint density at radius 3 is 1.60 bits per heavy atom. The minimum absolute atomic E-state index is 0.0631. The van der Waals surface area contributed by atoms with E-state index in [9.17, 15) is 28.9 Å². The molecule has 57 heavy (non-hydrogen) atoms. The number of para-hydroxylation sites is 2. The molecule has 12 nitrogen and oxygen atoms in total. The summed E-state index contributed by atoms with van der Waals surface area (Å²) < 4.78 is 27.8. The summed E-state index contributed by atoms with van der Waals surface area (Å²) in [6.45, 7) is 11.1. The second kappa shape index (κ2) is 16.6. The van der Waals surface area contributed by atoms with Crippen molar-refractivity contribution >= 4 is 39.3 Å². The Bertz CT molecular complexity index is 2390. The van der Waals surface area contributed by atoms with Gasteiger partial charge in [0.25, 0.3) is 5.91 Å². The summed E-state index contributed by atoms with van der Waals surface area (Å²) in [5, 5.41) is 35.3. The van der Waals surface area contributed by atoms with Crippen LogP contribution in [0.1, 0.15) is 27.2 Å². The highest BCUT2D eigenvalue weighted by atomic mass is 19.1. The van der Waals surface area contributed by atoms with Gasteiger partial charge in [-0.25, -0.2) is 28.7 Å². The van der Waals surface area contributed by atoms with Crippen molar-refractivity contribution in [3.8, 4) is 34.3 Å². The lowest BCUT2D eigenvalue weighted by Crippen LogP contribution is -2.52. The van der Waals surface area contributed by atoms with E-state index in [1.165, 1.54) is 24.3 Å². The van der Waals surface area contributed by atoms with E-state index in [0.29, 0.717) is 88.8 Å². The van der Waals surface area contributed by atoms with E-state index in [1.54, 1.807) is 59.5 Å². The van der Waals surface area contributed by atoms with Crippen molar-refractivity contribution in [3.05, 3.63) is 96.6 Å². The number of aromatic hydroxyl groups is 2. The number of hydrogen-bond donors (Lipinski definition) is 4. The number of aliphatic hydroxyl groups is 1. The zero-order valence-corrected chi connectivity index (χ0v) is 32.2. The maximum absolute atomic E-state index is 14.1. The number of amides is 1. The van der Waals surface area contributed by atoms with Crippen molar-refractivity contribution in [1.82, 2.24) is 30.2 Å². The van der Waals surface area contributed by atoms with Gasteiger partial charge in [-0.2, -0.15) is 0 Å². The van der Waals surface area contributed by atoms with Crippen molar-refractivity contribution in [3.63, 3.8) is 0 Å². The van der Waals surface area contributed by atoms with Crippen LogP contribution >= 0.6 is 0 Å². The molecule has 2 fully saturated rings. The van der Waals surface area contributed by atoms with Crippen LogP contribution in [-0.4, -0.2) is 105 Å². The summed E-state index contributed by atoms with van der Waals surface area (Å²) in [7, 11) is 0. The lowest BCUT2D eigenvalue weighted by atomic mass is 9.89. The van der Waals surface area contributed by atoms with Crippen molar-refractivity contribution in [2.75, 3.05) is 62.2 Å². The van der Waals surface area contributed by atoms with Crippen molar-refractivity contribution in [2.24, 2.45) is 5.41 Å². The highest BCUT2D eigenvalue weighted by molar-refractivity contribution is 5.93. The Morgan fingerprint density at radius 1 is 0.684 bits per heavy atom. The van der Waals surface area contributed by atoms with Gasteiger partial charge in [0.1, 0.15) is 40.9 Å². The van der Waals surface area contributed by atoms with Crippen LogP contribution in [0.25, 0.3) is 44.6 Å². The maximum Gasteiger partial charge on any atom is 0.251 e. The molecule has 14 heteroatoms. The molecule has 0 aliphatic carbocycles. The molecular formula is C43H46F2N8O4. The number of piperazine rings is 2. The number of halogens is 2. The summed E-state index contributed by atoms with van der Waals surface area (Å²) in [6, 6.07) is 22.7. The number of benzene rings is 4. The van der Waals surface area contributed by atoms with E-state index in [2.05, 4.69) is 30.2 Å².